The lowest BCUT2D eigenvalue weighted by molar-refractivity contribution is 0.547. The first-order valence-electron chi connectivity index (χ1n) is 2.89. The highest BCUT2D eigenvalue weighted by Crippen LogP contribution is 1.98. The Morgan fingerprint density at radius 3 is 2.67 bits per heavy atom. The van der Waals surface area contributed by atoms with Gasteiger partial charge in [-0.1, -0.05) is 13.0 Å². The van der Waals surface area contributed by atoms with E-state index in [0.29, 0.717) is 0 Å². The number of hydrogen-bond acceptors (Lipinski definition) is 0. The molecule has 0 fully saturated rings. The Balaban J connectivity index is 3.60. The SMILES string of the molecule is CCC=CC(F)=CCF. The molecule has 0 nitrogen and oxygen atoms in total. The van der Waals surface area contributed by atoms with E-state index in [2.05, 4.69) is 0 Å². The summed E-state index contributed by atoms with van der Waals surface area (Å²) >= 11 is 0. The van der Waals surface area contributed by atoms with Crippen molar-refractivity contribution in [1.29, 1.82) is 0 Å². The van der Waals surface area contributed by atoms with Crippen LogP contribution in [0.5, 0.6) is 0 Å². The van der Waals surface area contributed by atoms with Crippen LogP contribution in [0.1, 0.15) is 13.3 Å². The van der Waals surface area contributed by atoms with Crippen LogP contribution in [0.15, 0.2) is 24.1 Å². The van der Waals surface area contributed by atoms with Gasteiger partial charge in [-0.15, -0.1) is 0 Å². The minimum atomic E-state index is -0.736. The Hall–Kier alpha value is -0.660. The molecule has 9 heavy (non-hydrogen) atoms. The quantitative estimate of drug-likeness (QED) is 0.518. The fraction of sp³-hybridized carbons (Fsp3) is 0.429. The molecule has 0 bridgehead atoms. The summed E-state index contributed by atoms with van der Waals surface area (Å²) in [5.74, 6) is -0.501. The second-order valence-corrected chi connectivity index (χ2v) is 1.55. The van der Waals surface area contributed by atoms with Crippen molar-refractivity contribution in [1.82, 2.24) is 0 Å². The van der Waals surface area contributed by atoms with Gasteiger partial charge in [0.25, 0.3) is 0 Å². The predicted molar refractivity (Wildman–Crippen MR) is 34.6 cm³/mol. The lowest BCUT2D eigenvalue weighted by atomic mass is 10.4. The maximum Gasteiger partial charge on any atom is 0.121 e. The van der Waals surface area contributed by atoms with E-state index >= 15 is 0 Å². The first-order valence-corrected chi connectivity index (χ1v) is 2.89. The van der Waals surface area contributed by atoms with Gasteiger partial charge in [-0.3, -0.25) is 0 Å². The van der Waals surface area contributed by atoms with E-state index < -0.39 is 12.5 Å². The third-order valence-electron chi connectivity index (χ3n) is 0.785. The molecule has 0 aliphatic heterocycles. The second kappa shape index (κ2) is 5.48. The summed E-state index contributed by atoms with van der Waals surface area (Å²) in [5, 5.41) is 0. The van der Waals surface area contributed by atoms with E-state index in [0.717, 1.165) is 12.5 Å². The molecule has 0 N–H and O–H groups in total. The van der Waals surface area contributed by atoms with Gasteiger partial charge in [0, 0.05) is 0 Å². The maximum atomic E-state index is 12.1. The van der Waals surface area contributed by atoms with E-state index in [1.807, 2.05) is 6.92 Å². The number of hydrogen-bond donors (Lipinski definition) is 0. The Morgan fingerprint density at radius 2 is 2.22 bits per heavy atom. The minimum Gasteiger partial charge on any atom is -0.246 e. The highest BCUT2D eigenvalue weighted by molar-refractivity contribution is 5.10. The molecule has 0 heterocycles. The van der Waals surface area contributed by atoms with Crippen LogP contribution in [0, 0.1) is 0 Å². The first kappa shape index (κ1) is 8.34. The van der Waals surface area contributed by atoms with Gasteiger partial charge >= 0.3 is 0 Å². The van der Waals surface area contributed by atoms with E-state index in [1.165, 1.54) is 6.08 Å². The molecule has 0 aromatic heterocycles. The molecule has 0 atom stereocenters. The average Bonchev–Trinajstić information content (AvgIpc) is 1.85. The summed E-state index contributed by atoms with van der Waals surface area (Å²) in [7, 11) is 0. The van der Waals surface area contributed by atoms with Gasteiger partial charge in [0.05, 0.1) is 0 Å². The van der Waals surface area contributed by atoms with Crippen LogP contribution in [0.3, 0.4) is 0 Å². The molecule has 0 saturated carbocycles. The molecular formula is C7H10F2. The Kier molecular flexibility index (Phi) is 5.07. The van der Waals surface area contributed by atoms with Crippen LogP contribution >= 0.6 is 0 Å². The van der Waals surface area contributed by atoms with Crippen molar-refractivity contribution in [2.45, 2.75) is 13.3 Å². The lowest BCUT2D eigenvalue weighted by Crippen LogP contribution is -1.67. The molecule has 0 aliphatic carbocycles. The second-order valence-electron chi connectivity index (χ2n) is 1.55. The molecule has 0 rings (SSSR count). The van der Waals surface area contributed by atoms with Crippen LogP contribution in [0.4, 0.5) is 8.78 Å². The minimum absolute atomic E-state index is 0.501. The van der Waals surface area contributed by atoms with Crippen LogP contribution < -0.4 is 0 Å². The normalized spacial score (nSPS) is 13.0. The number of rotatable bonds is 3. The number of allylic oxidation sites excluding steroid dienone is 4. The predicted octanol–water partition coefficient (Wildman–Crippen LogP) is 2.78. The van der Waals surface area contributed by atoms with E-state index in [9.17, 15) is 8.78 Å². The van der Waals surface area contributed by atoms with Crippen molar-refractivity contribution in [2.75, 3.05) is 6.67 Å². The molecule has 2 heteroatoms. The van der Waals surface area contributed by atoms with Crippen LogP contribution in [0.25, 0.3) is 0 Å². The lowest BCUT2D eigenvalue weighted by Gasteiger charge is -1.81. The zero-order valence-electron chi connectivity index (χ0n) is 5.40. The molecule has 0 saturated heterocycles. The molecule has 0 amide bonds. The number of halogens is 2. The fourth-order valence-electron chi connectivity index (χ4n) is 0.372. The molecule has 0 unspecified atom stereocenters. The van der Waals surface area contributed by atoms with Gasteiger partial charge in [-0.2, -0.15) is 0 Å². The molecule has 0 spiro atoms. The van der Waals surface area contributed by atoms with Gasteiger partial charge in [-0.25, -0.2) is 8.78 Å². The summed E-state index contributed by atoms with van der Waals surface area (Å²) in [6.45, 7) is 1.15. The van der Waals surface area contributed by atoms with E-state index in [1.54, 1.807) is 6.08 Å². The highest BCUT2D eigenvalue weighted by atomic mass is 19.1. The van der Waals surface area contributed by atoms with Crippen molar-refractivity contribution in [3.8, 4) is 0 Å². The summed E-state index contributed by atoms with van der Waals surface area (Å²) in [6, 6.07) is 0. The van der Waals surface area contributed by atoms with Crippen molar-refractivity contribution in [3.63, 3.8) is 0 Å². The van der Waals surface area contributed by atoms with E-state index in [-0.39, 0.29) is 0 Å². The third-order valence-corrected chi connectivity index (χ3v) is 0.785. The van der Waals surface area contributed by atoms with Gasteiger partial charge in [0.15, 0.2) is 0 Å². The monoisotopic (exact) mass is 132 g/mol. The summed E-state index contributed by atoms with van der Waals surface area (Å²) in [5.41, 5.74) is 0. The third kappa shape index (κ3) is 5.21. The average molecular weight is 132 g/mol. The highest BCUT2D eigenvalue weighted by Gasteiger charge is 1.82. The van der Waals surface area contributed by atoms with Crippen molar-refractivity contribution in [2.24, 2.45) is 0 Å². The molecule has 0 radical (unpaired) electrons. The summed E-state index contributed by atoms with van der Waals surface area (Å²) < 4.78 is 23.4. The zero-order valence-corrected chi connectivity index (χ0v) is 5.40. The maximum absolute atomic E-state index is 12.1. The van der Waals surface area contributed by atoms with Crippen LogP contribution in [-0.4, -0.2) is 6.67 Å². The van der Waals surface area contributed by atoms with Gasteiger partial charge in [0.1, 0.15) is 12.5 Å². The Bertz CT molecular complexity index is 114. The van der Waals surface area contributed by atoms with Crippen LogP contribution in [-0.2, 0) is 0 Å². The van der Waals surface area contributed by atoms with Crippen molar-refractivity contribution in [3.05, 3.63) is 24.1 Å². The topological polar surface area (TPSA) is 0 Å². The standard InChI is InChI=1S/C7H10F2/c1-2-3-4-7(9)5-6-8/h3-5H,2,6H2,1H3. The summed E-state index contributed by atoms with van der Waals surface area (Å²) in [6.07, 6.45) is 4.57. The van der Waals surface area contributed by atoms with Crippen LogP contribution in [0.2, 0.25) is 0 Å². The first-order chi connectivity index (χ1) is 4.31. The van der Waals surface area contributed by atoms with Gasteiger partial charge in [-0.05, 0) is 18.6 Å². The molecule has 52 valence electrons. The zero-order chi connectivity index (χ0) is 7.11. The smallest absolute Gasteiger partial charge is 0.121 e. The Morgan fingerprint density at radius 1 is 1.56 bits per heavy atom. The largest absolute Gasteiger partial charge is 0.246 e. The van der Waals surface area contributed by atoms with E-state index in [4.69, 9.17) is 0 Å². The fourth-order valence-corrected chi connectivity index (χ4v) is 0.372. The van der Waals surface area contributed by atoms with Crippen molar-refractivity contribution >= 4 is 0 Å². The molecule has 0 aromatic rings. The molecule has 0 aromatic carbocycles. The molecule has 0 aliphatic rings. The van der Waals surface area contributed by atoms with Crippen molar-refractivity contribution < 1.29 is 8.78 Å². The summed E-state index contributed by atoms with van der Waals surface area (Å²) in [4.78, 5) is 0. The van der Waals surface area contributed by atoms with Gasteiger partial charge < -0.3 is 0 Å². The molecular weight excluding hydrogens is 122 g/mol. The number of alkyl halides is 1. The van der Waals surface area contributed by atoms with Gasteiger partial charge in [0.2, 0.25) is 0 Å². The Labute approximate surface area is 53.9 Å².